The van der Waals surface area contributed by atoms with Crippen LogP contribution in [0.15, 0.2) is 0 Å². The van der Waals surface area contributed by atoms with Gasteiger partial charge in [-0.05, 0) is 32.2 Å². The minimum absolute atomic E-state index is 0.498. The van der Waals surface area contributed by atoms with E-state index in [0.29, 0.717) is 25.9 Å². The van der Waals surface area contributed by atoms with Crippen molar-refractivity contribution in [1.82, 2.24) is 0 Å². The molecule has 0 aromatic carbocycles. The normalized spacial score (nSPS) is 11.9. The second-order valence-electron chi connectivity index (χ2n) is 4.20. The first-order valence-electron chi connectivity index (χ1n) is 6.76. The molecule has 0 saturated heterocycles. The molecule has 4 nitrogen and oxygen atoms in total. The van der Waals surface area contributed by atoms with Crippen LogP contribution in [-0.2, 0) is 13.6 Å². The molecule has 0 bridgehead atoms. The van der Waals surface area contributed by atoms with Crippen LogP contribution in [0.4, 0.5) is 0 Å². The standard InChI is InChI=1S/C12H28NO3P/c1-3-5-10-15-17(14,12-8-7-9-13)16-11-6-4-2/h3-13H2,1-2H3. The lowest BCUT2D eigenvalue weighted by molar-refractivity contribution is 0.199. The molecule has 17 heavy (non-hydrogen) atoms. The van der Waals surface area contributed by atoms with Crippen molar-refractivity contribution in [3.8, 4) is 0 Å². The average molecular weight is 265 g/mol. The van der Waals surface area contributed by atoms with Crippen molar-refractivity contribution in [2.45, 2.75) is 52.4 Å². The van der Waals surface area contributed by atoms with E-state index in [0.717, 1.165) is 38.5 Å². The van der Waals surface area contributed by atoms with E-state index in [1.807, 2.05) is 0 Å². The van der Waals surface area contributed by atoms with Gasteiger partial charge in [-0.1, -0.05) is 26.7 Å². The van der Waals surface area contributed by atoms with Gasteiger partial charge in [-0.25, -0.2) is 0 Å². The molecule has 0 aliphatic rings. The smallest absolute Gasteiger partial charge is 0.330 e. The number of rotatable bonds is 12. The highest BCUT2D eigenvalue weighted by Crippen LogP contribution is 2.49. The van der Waals surface area contributed by atoms with Gasteiger partial charge in [0.05, 0.1) is 19.4 Å². The first-order chi connectivity index (χ1) is 8.18. The average Bonchev–Trinajstić information content (AvgIpc) is 2.30. The third-order valence-electron chi connectivity index (χ3n) is 2.46. The predicted molar refractivity (Wildman–Crippen MR) is 72.5 cm³/mol. The Kier molecular flexibility index (Phi) is 11.3. The molecule has 0 atom stereocenters. The van der Waals surface area contributed by atoms with Crippen LogP contribution >= 0.6 is 7.60 Å². The zero-order valence-electron chi connectivity index (χ0n) is 11.3. The highest BCUT2D eigenvalue weighted by molar-refractivity contribution is 7.53. The molecule has 0 aliphatic heterocycles. The SMILES string of the molecule is CCCCOP(=O)(CCCCN)OCCCC. The minimum atomic E-state index is -2.86. The second kappa shape index (κ2) is 11.2. The van der Waals surface area contributed by atoms with Crippen molar-refractivity contribution in [3.05, 3.63) is 0 Å². The molecule has 0 heterocycles. The monoisotopic (exact) mass is 265 g/mol. The summed E-state index contributed by atoms with van der Waals surface area (Å²) in [6.07, 6.45) is 6.12. The van der Waals surface area contributed by atoms with E-state index in [9.17, 15) is 4.57 Å². The van der Waals surface area contributed by atoms with Crippen LogP contribution < -0.4 is 5.73 Å². The zero-order chi connectivity index (χ0) is 13.0. The minimum Gasteiger partial charge on any atom is -0.330 e. The Bertz CT molecular complexity index is 179. The molecule has 0 amide bonds. The van der Waals surface area contributed by atoms with Crippen LogP contribution in [0, 0.1) is 0 Å². The van der Waals surface area contributed by atoms with E-state index in [2.05, 4.69) is 13.8 Å². The molecule has 0 rings (SSSR count). The van der Waals surface area contributed by atoms with Crippen LogP contribution in [0.1, 0.15) is 52.4 Å². The summed E-state index contributed by atoms with van der Waals surface area (Å²) in [6.45, 7) is 5.86. The van der Waals surface area contributed by atoms with Crippen molar-refractivity contribution < 1.29 is 13.6 Å². The quantitative estimate of drug-likeness (QED) is 0.433. The summed E-state index contributed by atoms with van der Waals surface area (Å²) in [4.78, 5) is 0. The Morgan fingerprint density at radius 3 is 1.88 bits per heavy atom. The van der Waals surface area contributed by atoms with Gasteiger partial charge < -0.3 is 14.8 Å². The third kappa shape index (κ3) is 9.78. The Morgan fingerprint density at radius 1 is 0.941 bits per heavy atom. The number of unbranched alkanes of at least 4 members (excludes halogenated alkanes) is 3. The van der Waals surface area contributed by atoms with E-state index in [1.54, 1.807) is 0 Å². The van der Waals surface area contributed by atoms with Crippen LogP contribution in [-0.4, -0.2) is 25.9 Å². The van der Waals surface area contributed by atoms with Crippen molar-refractivity contribution in [2.24, 2.45) is 5.73 Å². The van der Waals surface area contributed by atoms with Gasteiger partial charge in [-0.3, -0.25) is 4.57 Å². The lowest BCUT2D eigenvalue weighted by atomic mass is 10.3. The van der Waals surface area contributed by atoms with Gasteiger partial charge in [0.15, 0.2) is 0 Å². The summed E-state index contributed by atoms with van der Waals surface area (Å²) in [5.74, 6) is 0. The molecule has 0 aromatic rings. The molecule has 104 valence electrons. The van der Waals surface area contributed by atoms with Gasteiger partial charge in [0, 0.05) is 0 Å². The fraction of sp³-hybridized carbons (Fsp3) is 1.00. The summed E-state index contributed by atoms with van der Waals surface area (Å²) in [5.41, 5.74) is 5.43. The molecule has 0 spiro atoms. The largest absolute Gasteiger partial charge is 0.330 e. The molecule has 5 heteroatoms. The molecule has 0 radical (unpaired) electrons. The van der Waals surface area contributed by atoms with E-state index in [-0.39, 0.29) is 0 Å². The van der Waals surface area contributed by atoms with Gasteiger partial charge in [0.1, 0.15) is 0 Å². The van der Waals surface area contributed by atoms with Crippen molar-refractivity contribution in [1.29, 1.82) is 0 Å². The third-order valence-corrected chi connectivity index (χ3v) is 4.47. The molecule has 0 unspecified atom stereocenters. The van der Waals surface area contributed by atoms with E-state index < -0.39 is 7.60 Å². The van der Waals surface area contributed by atoms with Crippen LogP contribution in [0.2, 0.25) is 0 Å². The fourth-order valence-electron chi connectivity index (χ4n) is 1.31. The zero-order valence-corrected chi connectivity index (χ0v) is 12.2. The summed E-state index contributed by atoms with van der Waals surface area (Å²) in [6, 6.07) is 0. The second-order valence-corrected chi connectivity index (χ2v) is 6.39. The van der Waals surface area contributed by atoms with Crippen LogP contribution in [0.5, 0.6) is 0 Å². The summed E-state index contributed by atoms with van der Waals surface area (Å²) >= 11 is 0. The van der Waals surface area contributed by atoms with Gasteiger partial charge in [-0.15, -0.1) is 0 Å². The maximum atomic E-state index is 12.4. The maximum absolute atomic E-state index is 12.4. The predicted octanol–water partition coefficient (Wildman–Crippen LogP) is 3.55. The molecule has 0 saturated carbocycles. The highest BCUT2D eigenvalue weighted by Gasteiger charge is 2.23. The van der Waals surface area contributed by atoms with E-state index >= 15 is 0 Å². The maximum Gasteiger partial charge on any atom is 0.330 e. The van der Waals surface area contributed by atoms with Crippen molar-refractivity contribution >= 4 is 7.60 Å². The first-order valence-corrected chi connectivity index (χ1v) is 8.49. The van der Waals surface area contributed by atoms with Crippen molar-refractivity contribution in [3.63, 3.8) is 0 Å². The number of nitrogens with two attached hydrogens (primary N) is 1. The molecule has 2 N–H and O–H groups in total. The van der Waals surface area contributed by atoms with Crippen LogP contribution in [0.3, 0.4) is 0 Å². The Morgan fingerprint density at radius 2 is 1.47 bits per heavy atom. The van der Waals surface area contributed by atoms with E-state index in [1.165, 1.54) is 0 Å². The van der Waals surface area contributed by atoms with E-state index in [4.69, 9.17) is 14.8 Å². The molecular formula is C12H28NO3P. The molecule has 0 aliphatic carbocycles. The van der Waals surface area contributed by atoms with Gasteiger partial charge in [-0.2, -0.15) is 0 Å². The number of hydrogen-bond acceptors (Lipinski definition) is 4. The highest BCUT2D eigenvalue weighted by atomic mass is 31.2. The Balaban J connectivity index is 4.00. The summed E-state index contributed by atoms with van der Waals surface area (Å²) in [7, 11) is -2.86. The topological polar surface area (TPSA) is 61.5 Å². The summed E-state index contributed by atoms with van der Waals surface area (Å²) in [5, 5.41) is 0. The van der Waals surface area contributed by atoms with Gasteiger partial charge >= 0.3 is 7.60 Å². The number of hydrogen-bond donors (Lipinski definition) is 1. The molecular weight excluding hydrogens is 237 g/mol. The van der Waals surface area contributed by atoms with Crippen molar-refractivity contribution in [2.75, 3.05) is 25.9 Å². The molecule has 0 fully saturated rings. The van der Waals surface area contributed by atoms with Crippen LogP contribution in [0.25, 0.3) is 0 Å². The lowest BCUT2D eigenvalue weighted by Crippen LogP contribution is -2.05. The first kappa shape index (κ1) is 17.1. The van der Waals surface area contributed by atoms with Gasteiger partial charge in [0.2, 0.25) is 0 Å². The van der Waals surface area contributed by atoms with Gasteiger partial charge in [0.25, 0.3) is 0 Å². The Labute approximate surface area is 106 Å². The molecule has 0 aromatic heterocycles. The Hall–Kier alpha value is 0.110. The fourth-order valence-corrected chi connectivity index (χ4v) is 3.07. The lowest BCUT2D eigenvalue weighted by Gasteiger charge is -2.18. The summed E-state index contributed by atoms with van der Waals surface area (Å²) < 4.78 is 23.3.